The third-order valence-electron chi connectivity index (χ3n) is 2.82. The zero-order valence-electron chi connectivity index (χ0n) is 11.4. The third-order valence-corrected chi connectivity index (χ3v) is 3.12. The maximum Gasteiger partial charge on any atom is 0.253 e. The van der Waals surface area contributed by atoms with Gasteiger partial charge in [0.2, 0.25) is 0 Å². The largest absolute Gasteiger partial charge is 0.384 e. The fraction of sp³-hybridized carbons (Fsp3) is 0.538. The van der Waals surface area contributed by atoms with Crippen molar-refractivity contribution in [2.45, 2.75) is 20.3 Å². The van der Waals surface area contributed by atoms with E-state index in [1.165, 1.54) is 12.3 Å². The van der Waals surface area contributed by atoms with Crippen molar-refractivity contribution in [2.24, 2.45) is 0 Å². The molecule has 106 valence electrons. The Morgan fingerprint density at radius 2 is 2.21 bits per heavy atom. The normalized spacial score (nSPS) is 10.7. The minimum absolute atomic E-state index is 0.216. The molecule has 0 aliphatic carbocycles. The second-order valence-corrected chi connectivity index (χ2v) is 4.69. The molecule has 0 atom stereocenters. The van der Waals surface area contributed by atoms with E-state index in [1.54, 1.807) is 0 Å². The average molecular weight is 285 g/mol. The van der Waals surface area contributed by atoms with Gasteiger partial charge >= 0.3 is 0 Å². The number of hydrogen-bond donors (Lipinski definition) is 2. The molecule has 1 heterocycles. The van der Waals surface area contributed by atoms with E-state index in [0.29, 0.717) is 17.1 Å². The number of likely N-dealkylation sites (N-methyl/N-ethyl adjacent to an activating group) is 1. The maximum absolute atomic E-state index is 11.9. The summed E-state index contributed by atoms with van der Waals surface area (Å²) in [4.78, 5) is 18.1. The molecule has 0 spiro atoms. The summed E-state index contributed by atoms with van der Waals surface area (Å²) in [7, 11) is 0. The predicted molar refractivity (Wildman–Crippen MR) is 78.4 cm³/mol. The van der Waals surface area contributed by atoms with Gasteiger partial charge in [-0.25, -0.2) is 4.98 Å². The Labute approximate surface area is 119 Å². The number of anilines is 1. The van der Waals surface area contributed by atoms with Crippen molar-refractivity contribution in [2.75, 3.05) is 31.9 Å². The number of rotatable bonds is 7. The van der Waals surface area contributed by atoms with Gasteiger partial charge in [0.05, 0.1) is 10.6 Å². The fourth-order valence-corrected chi connectivity index (χ4v) is 1.99. The molecule has 0 saturated carbocycles. The van der Waals surface area contributed by atoms with Crippen LogP contribution in [0.2, 0.25) is 5.02 Å². The molecule has 0 unspecified atom stereocenters. The highest BCUT2D eigenvalue weighted by molar-refractivity contribution is 6.33. The third kappa shape index (κ3) is 5.04. The smallest absolute Gasteiger partial charge is 0.253 e. The van der Waals surface area contributed by atoms with Gasteiger partial charge in [-0.3, -0.25) is 4.79 Å². The molecular weight excluding hydrogens is 264 g/mol. The number of amides is 1. The standard InChI is InChI=1S/C13H21ClN4O/c1-3-6-18(4-2)7-5-16-13(19)10-8-12(15)17-9-11(10)14/h8-9H,3-7H2,1-2H3,(H2,15,17)(H,16,19). The van der Waals surface area contributed by atoms with Crippen LogP contribution in [0.15, 0.2) is 12.3 Å². The van der Waals surface area contributed by atoms with E-state index in [2.05, 4.69) is 29.0 Å². The first-order valence-corrected chi connectivity index (χ1v) is 6.87. The SMILES string of the molecule is CCCN(CC)CCNC(=O)c1cc(N)ncc1Cl. The zero-order chi connectivity index (χ0) is 14.3. The summed E-state index contributed by atoms with van der Waals surface area (Å²) in [5.74, 6) is 0.0716. The molecule has 0 bridgehead atoms. The minimum Gasteiger partial charge on any atom is -0.384 e. The summed E-state index contributed by atoms with van der Waals surface area (Å²) in [5, 5.41) is 3.15. The van der Waals surface area contributed by atoms with Gasteiger partial charge in [-0.1, -0.05) is 25.4 Å². The van der Waals surface area contributed by atoms with Crippen LogP contribution < -0.4 is 11.1 Å². The number of aromatic nitrogens is 1. The van der Waals surface area contributed by atoms with Crippen LogP contribution in [-0.4, -0.2) is 42.0 Å². The van der Waals surface area contributed by atoms with E-state index >= 15 is 0 Å². The first kappa shape index (κ1) is 15.7. The van der Waals surface area contributed by atoms with Crippen LogP contribution in [0, 0.1) is 0 Å². The summed E-state index contributed by atoms with van der Waals surface area (Å²) >= 11 is 5.92. The number of nitrogens with two attached hydrogens (primary N) is 1. The van der Waals surface area contributed by atoms with Crippen LogP contribution in [0.4, 0.5) is 5.82 Å². The molecule has 19 heavy (non-hydrogen) atoms. The van der Waals surface area contributed by atoms with E-state index in [9.17, 15) is 4.79 Å². The molecule has 5 nitrogen and oxygen atoms in total. The fourth-order valence-electron chi connectivity index (χ4n) is 1.80. The number of carbonyl (C=O) groups is 1. The molecule has 1 aromatic heterocycles. The van der Waals surface area contributed by atoms with E-state index in [4.69, 9.17) is 17.3 Å². The van der Waals surface area contributed by atoms with Crippen LogP contribution in [0.25, 0.3) is 0 Å². The second kappa shape index (κ2) is 7.96. The van der Waals surface area contributed by atoms with Crippen molar-refractivity contribution in [1.82, 2.24) is 15.2 Å². The molecule has 1 aromatic rings. The maximum atomic E-state index is 11.9. The highest BCUT2D eigenvalue weighted by atomic mass is 35.5. The zero-order valence-corrected chi connectivity index (χ0v) is 12.2. The second-order valence-electron chi connectivity index (χ2n) is 4.28. The predicted octanol–water partition coefficient (Wildman–Crippen LogP) is 1.78. The highest BCUT2D eigenvalue weighted by Crippen LogP contribution is 2.16. The van der Waals surface area contributed by atoms with E-state index in [1.807, 2.05) is 0 Å². The van der Waals surface area contributed by atoms with Crippen molar-refractivity contribution >= 4 is 23.3 Å². The van der Waals surface area contributed by atoms with Crippen molar-refractivity contribution in [3.63, 3.8) is 0 Å². The molecular formula is C13H21ClN4O. The first-order valence-electron chi connectivity index (χ1n) is 6.50. The molecule has 0 saturated heterocycles. The van der Waals surface area contributed by atoms with E-state index in [0.717, 1.165) is 26.1 Å². The van der Waals surface area contributed by atoms with Gasteiger partial charge in [0.25, 0.3) is 5.91 Å². The Kier molecular flexibility index (Phi) is 6.59. The summed E-state index contributed by atoms with van der Waals surface area (Å²) in [6.07, 6.45) is 2.50. The van der Waals surface area contributed by atoms with Gasteiger partial charge in [-0.15, -0.1) is 0 Å². The van der Waals surface area contributed by atoms with Crippen LogP contribution >= 0.6 is 11.6 Å². The highest BCUT2D eigenvalue weighted by Gasteiger charge is 2.11. The average Bonchev–Trinajstić information content (AvgIpc) is 2.40. The van der Waals surface area contributed by atoms with Crippen molar-refractivity contribution < 1.29 is 4.79 Å². The number of hydrogen-bond acceptors (Lipinski definition) is 4. The first-order chi connectivity index (χ1) is 9.08. The Bertz CT molecular complexity index is 425. The van der Waals surface area contributed by atoms with Crippen molar-refractivity contribution in [3.05, 3.63) is 22.8 Å². The van der Waals surface area contributed by atoms with Gasteiger partial charge in [0, 0.05) is 19.3 Å². The monoisotopic (exact) mass is 284 g/mol. The lowest BCUT2D eigenvalue weighted by molar-refractivity contribution is 0.0948. The molecule has 6 heteroatoms. The molecule has 0 aliphatic rings. The quantitative estimate of drug-likeness (QED) is 0.801. The van der Waals surface area contributed by atoms with E-state index in [-0.39, 0.29) is 11.7 Å². The topological polar surface area (TPSA) is 71.2 Å². The Hall–Kier alpha value is -1.33. The molecule has 3 N–H and O–H groups in total. The van der Waals surface area contributed by atoms with Gasteiger partial charge in [-0.2, -0.15) is 0 Å². The molecule has 0 fully saturated rings. The van der Waals surface area contributed by atoms with Gasteiger partial charge in [0.1, 0.15) is 5.82 Å². The molecule has 0 aromatic carbocycles. The Morgan fingerprint density at radius 3 is 2.84 bits per heavy atom. The van der Waals surface area contributed by atoms with Crippen LogP contribution in [0.3, 0.4) is 0 Å². The minimum atomic E-state index is -0.216. The summed E-state index contributed by atoms with van der Waals surface area (Å²) < 4.78 is 0. The lowest BCUT2D eigenvalue weighted by Crippen LogP contribution is -2.35. The summed E-state index contributed by atoms with van der Waals surface area (Å²) in [6.45, 7) is 7.68. The number of nitrogen functional groups attached to an aromatic ring is 1. The summed E-state index contributed by atoms with van der Waals surface area (Å²) in [6, 6.07) is 1.49. The van der Waals surface area contributed by atoms with Gasteiger partial charge in [0.15, 0.2) is 0 Å². The van der Waals surface area contributed by atoms with Gasteiger partial charge < -0.3 is 16.0 Å². The van der Waals surface area contributed by atoms with Crippen LogP contribution in [0.5, 0.6) is 0 Å². The van der Waals surface area contributed by atoms with Crippen molar-refractivity contribution in [3.8, 4) is 0 Å². The Balaban J connectivity index is 2.49. The number of halogens is 1. The molecule has 0 radical (unpaired) electrons. The number of carbonyl (C=O) groups excluding carboxylic acids is 1. The molecule has 0 aliphatic heterocycles. The lowest BCUT2D eigenvalue weighted by Gasteiger charge is -2.19. The number of nitrogens with one attached hydrogen (secondary N) is 1. The molecule has 1 rings (SSSR count). The van der Waals surface area contributed by atoms with Crippen LogP contribution in [0.1, 0.15) is 30.6 Å². The number of pyridine rings is 1. The lowest BCUT2D eigenvalue weighted by atomic mass is 10.2. The van der Waals surface area contributed by atoms with Gasteiger partial charge in [-0.05, 0) is 25.6 Å². The molecule has 1 amide bonds. The van der Waals surface area contributed by atoms with Crippen molar-refractivity contribution in [1.29, 1.82) is 0 Å². The summed E-state index contributed by atoms with van der Waals surface area (Å²) in [5.41, 5.74) is 5.91. The Morgan fingerprint density at radius 1 is 1.47 bits per heavy atom. The van der Waals surface area contributed by atoms with E-state index < -0.39 is 0 Å². The van der Waals surface area contributed by atoms with Crippen LogP contribution in [-0.2, 0) is 0 Å². The number of nitrogens with zero attached hydrogens (tertiary/aromatic N) is 2.